The molecule has 0 atom stereocenters. The molecule has 1 rings (SSSR count). The molecule has 17 heavy (non-hydrogen) atoms. The Morgan fingerprint density at radius 2 is 2.12 bits per heavy atom. The van der Waals surface area contributed by atoms with E-state index in [2.05, 4.69) is 17.5 Å². The first-order valence-corrected chi connectivity index (χ1v) is 5.16. The van der Waals surface area contributed by atoms with Crippen LogP contribution in [0.25, 0.3) is 0 Å². The van der Waals surface area contributed by atoms with E-state index in [1.54, 1.807) is 6.92 Å². The van der Waals surface area contributed by atoms with Crippen molar-refractivity contribution in [3.05, 3.63) is 23.8 Å². The maximum atomic E-state index is 12.5. The summed E-state index contributed by atoms with van der Waals surface area (Å²) >= 11 is 4.59. The number of hydrogen-bond acceptors (Lipinski definition) is 2. The van der Waals surface area contributed by atoms with Crippen molar-refractivity contribution in [2.24, 2.45) is 5.73 Å². The average molecular weight is 264 g/mol. The molecule has 7 heteroatoms. The van der Waals surface area contributed by atoms with Gasteiger partial charge in [0.2, 0.25) is 0 Å². The van der Waals surface area contributed by atoms with Crippen molar-refractivity contribution in [3.63, 3.8) is 0 Å². The van der Waals surface area contributed by atoms with E-state index in [0.29, 0.717) is 6.61 Å². The second-order valence-corrected chi connectivity index (χ2v) is 3.57. The fourth-order valence-corrected chi connectivity index (χ4v) is 1.33. The van der Waals surface area contributed by atoms with Gasteiger partial charge in [-0.25, -0.2) is 0 Å². The Kier molecular flexibility index (Phi) is 4.17. The van der Waals surface area contributed by atoms with Gasteiger partial charge in [0.05, 0.1) is 17.9 Å². The normalized spacial score (nSPS) is 11.1. The van der Waals surface area contributed by atoms with Gasteiger partial charge in [0.25, 0.3) is 0 Å². The van der Waals surface area contributed by atoms with Crippen molar-refractivity contribution >= 4 is 23.0 Å². The predicted molar refractivity (Wildman–Crippen MR) is 63.0 cm³/mol. The van der Waals surface area contributed by atoms with Gasteiger partial charge in [-0.3, -0.25) is 0 Å². The Bertz CT molecular complexity index is 421. The van der Waals surface area contributed by atoms with Crippen LogP contribution in [0.3, 0.4) is 0 Å². The molecule has 1 aromatic carbocycles. The minimum absolute atomic E-state index is 0.106. The molecule has 0 radical (unpaired) electrons. The number of rotatable bonds is 3. The van der Waals surface area contributed by atoms with E-state index in [4.69, 9.17) is 10.5 Å². The molecule has 0 fully saturated rings. The van der Waals surface area contributed by atoms with Gasteiger partial charge >= 0.3 is 6.18 Å². The van der Waals surface area contributed by atoms with Crippen molar-refractivity contribution in [1.29, 1.82) is 0 Å². The highest BCUT2D eigenvalue weighted by Crippen LogP contribution is 2.34. The van der Waals surface area contributed by atoms with Crippen LogP contribution < -0.4 is 15.8 Å². The Balaban J connectivity index is 3.14. The van der Waals surface area contributed by atoms with Crippen molar-refractivity contribution in [1.82, 2.24) is 0 Å². The van der Waals surface area contributed by atoms with Crippen LogP contribution in [0.4, 0.5) is 18.9 Å². The SMILES string of the molecule is CCOc1ccc(C(F)(F)F)cc1NC(N)=S. The van der Waals surface area contributed by atoms with Crippen molar-refractivity contribution in [2.75, 3.05) is 11.9 Å². The third kappa shape index (κ3) is 3.77. The van der Waals surface area contributed by atoms with E-state index in [1.165, 1.54) is 6.07 Å². The number of anilines is 1. The van der Waals surface area contributed by atoms with E-state index in [0.717, 1.165) is 12.1 Å². The zero-order valence-electron chi connectivity index (χ0n) is 8.97. The van der Waals surface area contributed by atoms with Crippen LogP contribution in [0, 0.1) is 0 Å². The minimum atomic E-state index is -4.42. The van der Waals surface area contributed by atoms with E-state index >= 15 is 0 Å². The number of ether oxygens (including phenoxy) is 1. The highest BCUT2D eigenvalue weighted by molar-refractivity contribution is 7.80. The minimum Gasteiger partial charge on any atom is -0.492 e. The Morgan fingerprint density at radius 3 is 2.59 bits per heavy atom. The van der Waals surface area contributed by atoms with Gasteiger partial charge in [0.15, 0.2) is 5.11 Å². The quantitative estimate of drug-likeness (QED) is 0.824. The number of thiocarbonyl (C=S) groups is 1. The summed E-state index contributed by atoms with van der Waals surface area (Å²) in [6.07, 6.45) is -4.42. The number of alkyl halides is 3. The molecular formula is C10H11F3N2OS. The molecule has 0 aliphatic rings. The topological polar surface area (TPSA) is 47.3 Å². The van der Waals surface area contributed by atoms with Crippen LogP contribution >= 0.6 is 12.2 Å². The lowest BCUT2D eigenvalue weighted by atomic mass is 10.2. The van der Waals surface area contributed by atoms with Crippen LogP contribution in [-0.2, 0) is 6.18 Å². The number of halogens is 3. The molecule has 0 unspecified atom stereocenters. The highest BCUT2D eigenvalue weighted by atomic mass is 32.1. The summed E-state index contributed by atoms with van der Waals surface area (Å²) in [5.41, 5.74) is 4.55. The van der Waals surface area contributed by atoms with Gasteiger partial charge in [-0.2, -0.15) is 13.2 Å². The molecule has 0 saturated heterocycles. The molecular weight excluding hydrogens is 253 g/mol. The summed E-state index contributed by atoms with van der Waals surface area (Å²) in [7, 11) is 0. The molecule has 3 nitrogen and oxygen atoms in total. The predicted octanol–water partition coefficient (Wildman–Crippen LogP) is 2.76. The highest BCUT2D eigenvalue weighted by Gasteiger charge is 2.31. The average Bonchev–Trinajstić information content (AvgIpc) is 2.18. The van der Waals surface area contributed by atoms with Crippen molar-refractivity contribution in [3.8, 4) is 5.75 Å². The largest absolute Gasteiger partial charge is 0.492 e. The van der Waals surface area contributed by atoms with E-state index < -0.39 is 11.7 Å². The lowest BCUT2D eigenvalue weighted by molar-refractivity contribution is -0.137. The summed E-state index contributed by atoms with van der Waals surface area (Å²) in [6, 6.07) is 3.08. The van der Waals surface area contributed by atoms with Gasteiger partial charge in [0, 0.05) is 0 Å². The summed E-state index contributed by atoms with van der Waals surface area (Å²) in [4.78, 5) is 0. The summed E-state index contributed by atoms with van der Waals surface area (Å²) < 4.78 is 42.6. The zero-order chi connectivity index (χ0) is 13.1. The second kappa shape index (κ2) is 5.22. The van der Waals surface area contributed by atoms with Gasteiger partial charge in [-0.1, -0.05) is 0 Å². The van der Waals surface area contributed by atoms with Gasteiger partial charge in [-0.05, 0) is 37.3 Å². The van der Waals surface area contributed by atoms with E-state index in [-0.39, 0.29) is 16.5 Å². The van der Waals surface area contributed by atoms with Gasteiger partial charge in [0.1, 0.15) is 5.75 Å². The molecule has 0 saturated carbocycles. The molecule has 1 aromatic rings. The third-order valence-electron chi connectivity index (χ3n) is 1.86. The summed E-state index contributed by atoms with van der Waals surface area (Å²) in [5.74, 6) is 0.272. The molecule has 94 valence electrons. The molecule has 0 aliphatic carbocycles. The van der Waals surface area contributed by atoms with Crippen LogP contribution in [0.2, 0.25) is 0 Å². The first-order valence-electron chi connectivity index (χ1n) is 4.75. The number of benzene rings is 1. The smallest absolute Gasteiger partial charge is 0.416 e. The number of hydrogen-bond donors (Lipinski definition) is 2. The van der Waals surface area contributed by atoms with Crippen LogP contribution in [-0.4, -0.2) is 11.7 Å². The Hall–Kier alpha value is -1.50. The Morgan fingerprint density at radius 1 is 1.47 bits per heavy atom. The van der Waals surface area contributed by atoms with Gasteiger partial charge in [-0.15, -0.1) is 0 Å². The second-order valence-electron chi connectivity index (χ2n) is 3.13. The lowest BCUT2D eigenvalue weighted by Crippen LogP contribution is -2.20. The zero-order valence-corrected chi connectivity index (χ0v) is 9.78. The first kappa shape index (κ1) is 13.6. The molecule has 0 aromatic heterocycles. The monoisotopic (exact) mass is 264 g/mol. The maximum absolute atomic E-state index is 12.5. The molecule has 0 spiro atoms. The first-order chi connectivity index (χ1) is 7.84. The van der Waals surface area contributed by atoms with Crippen LogP contribution in [0.5, 0.6) is 5.75 Å². The van der Waals surface area contributed by atoms with Crippen molar-refractivity contribution in [2.45, 2.75) is 13.1 Å². The molecule has 0 aliphatic heterocycles. The summed E-state index contributed by atoms with van der Waals surface area (Å²) in [5, 5.41) is 2.33. The van der Waals surface area contributed by atoms with Crippen LogP contribution in [0.1, 0.15) is 12.5 Å². The van der Waals surface area contributed by atoms with E-state index in [9.17, 15) is 13.2 Å². The fourth-order valence-electron chi connectivity index (χ4n) is 1.22. The van der Waals surface area contributed by atoms with Gasteiger partial charge < -0.3 is 15.8 Å². The fraction of sp³-hybridized carbons (Fsp3) is 0.300. The molecule has 0 bridgehead atoms. The van der Waals surface area contributed by atoms with Crippen molar-refractivity contribution < 1.29 is 17.9 Å². The number of nitrogens with one attached hydrogen (secondary N) is 1. The molecule has 3 N–H and O–H groups in total. The van der Waals surface area contributed by atoms with Crippen LogP contribution in [0.15, 0.2) is 18.2 Å². The Labute approximate surface area is 102 Å². The molecule has 0 amide bonds. The summed E-state index contributed by atoms with van der Waals surface area (Å²) in [6.45, 7) is 2.06. The lowest BCUT2D eigenvalue weighted by Gasteiger charge is -2.14. The number of nitrogens with two attached hydrogens (primary N) is 1. The maximum Gasteiger partial charge on any atom is 0.416 e. The molecule has 0 heterocycles. The standard InChI is InChI=1S/C10H11F3N2OS/c1-2-16-8-4-3-6(10(11,12)13)5-7(8)15-9(14)17/h3-5H,2H2,1H3,(H3,14,15,17). The third-order valence-corrected chi connectivity index (χ3v) is 1.97. The van der Waals surface area contributed by atoms with E-state index in [1.807, 2.05) is 0 Å².